The van der Waals surface area contributed by atoms with Crippen molar-refractivity contribution in [2.75, 3.05) is 10.2 Å². The van der Waals surface area contributed by atoms with Crippen molar-refractivity contribution in [3.63, 3.8) is 0 Å². The molecule has 2 rings (SSSR count). The molecule has 25 heavy (non-hydrogen) atoms. The minimum absolute atomic E-state index is 0.122. The number of Topliss-reactive ketones (excluding diaryl/α,β-unsaturated/α-hetero) is 1. The summed E-state index contributed by atoms with van der Waals surface area (Å²) in [4.78, 5) is 26.2. The number of nitrogens with zero attached hydrogens (tertiary/aromatic N) is 1. The number of hydrogen-bond acceptors (Lipinski definition) is 5. The first-order valence-electron chi connectivity index (χ1n) is 6.85. The van der Waals surface area contributed by atoms with E-state index in [1.54, 1.807) is 6.92 Å². The number of hydrogen-bond donors (Lipinski definition) is 1. The van der Waals surface area contributed by atoms with E-state index in [0.29, 0.717) is 0 Å². The van der Waals surface area contributed by atoms with Gasteiger partial charge in [-0.3, -0.25) is 14.5 Å². The molecule has 0 bridgehead atoms. The van der Waals surface area contributed by atoms with Gasteiger partial charge in [0, 0.05) is 17.1 Å². The molecule has 0 radical (unpaired) electrons. The zero-order valence-corrected chi connectivity index (χ0v) is 16.7. The largest absolute Gasteiger partial charge is 0.573 e. The molecule has 0 saturated carbocycles. The van der Waals surface area contributed by atoms with Crippen molar-refractivity contribution in [2.24, 2.45) is 5.73 Å². The van der Waals surface area contributed by atoms with E-state index in [-0.39, 0.29) is 16.8 Å². The van der Waals surface area contributed by atoms with Gasteiger partial charge in [-0.2, -0.15) is 0 Å². The summed E-state index contributed by atoms with van der Waals surface area (Å²) in [5.41, 5.74) is 5.14. The van der Waals surface area contributed by atoms with Gasteiger partial charge in [0.1, 0.15) is 16.5 Å². The first kappa shape index (κ1) is 20.5. The van der Waals surface area contributed by atoms with Crippen LogP contribution >= 0.6 is 43.6 Å². The highest BCUT2D eigenvalue weighted by Crippen LogP contribution is 2.38. The van der Waals surface area contributed by atoms with Crippen LogP contribution in [0.2, 0.25) is 0 Å². The Morgan fingerprint density at radius 3 is 2.64 bits per heavy atom. The molecular weight excluding hydrogens is 493 g/mol. The van der Waals surface area contributed by atoms with Crippen LogP contribution in [-0.4, -0.2) is 38.5 Å². The van der Waals surface area contributed by atoms with Gasteiger partial charge in [-0.25, -0.2) is 0 Å². The van der Waals surface area contributed by atoms with Gasteiger partial charge in [0.2, 0.25) is 5.91 Å². The summed E-state index contributed by atoms with van der Waals surface area (Å²) in [5.74, 6) is -1.44. The molecule has 1 aromatic rings. The molecular formula is C14H13Br2F3N2O3S. The third-order valence-corrected chi connectivity index (χ3v) is 7.05. The Balaban J connectivity index is 2.27. The lowest BCUT2D eigenvalue weighted by molar-refractivity contribution is -0.274. The SMILES string of the molecule is CC(Br)(CBr)C(=O)C1SC(N)N(c2cccc(OC(F)(F)F)c2)C1=O. The van der Waals surface area contributed by atoms with Crippen LogP contribution in [0.3, 0.4) is 0 Å². The summed E-state index contributed by atoms with van der Waals surface area (Å²) in [6.07, 6.45) is -4.85. The number of carbonyl (C=O) groups excluding carboxylic acids is 2. The summed E-state index contributed by atoms with van der Waals surface area (Å²) < 4.78 is 40.0. The van der Waals surface area contributed by atoms with Crippen LogP contribution < -0.4 is 15.4 Å². The molecule has 1 aromatic carbocycles. The van der Waals surface area contributed by atoms with Crippen LogP contribution in [0.15, 0.2) is 24.3 Å². The number of alkyl halides is 5. The standard InChI is InChI=1S/C14H13Br2F3N2O3S/c1-13(16,6-15)10(22)9-11(23)21(12(20)25-9)7-3-2-4-8(5-7)24-14(17,18)19/h2-5,9,12H,6,20H2,1H3. The highest BCUT2D eigenvalue weighted by Gasteiger charge is 2.48. The Hall–Kier alpha value is -0.780. The molecule has 0 aromatic heterocycles. The van der Waals surface area contributed by atoms with Crippen molar-refractivity contribution in [1.29, 1.82) is 0 Å². The van der Waals surface area contributed by atoms with E-state index in [9.17, 15) is 22.8 Å². The van der Waals surface area contributed by atoms with Gasteiger partial charge in [0.15, 0.2) is 5.78 Å². The maximum Gasteiger partial charge on any atom is 0.573 e. The summed E-state index contributed by atoms with van der Waals surface area (Å²) in [6.45, 7) is 1.61. The third kappa shape index (κ3) is 4.69. The van der Waals surface area contributed by atoms with E-state index in [1.807, 2.05) is 0 Å². The maximum absolute atomic E-state index is 12.6. The predicted molar refractivity (Wildman–Crippen MR) is 96.1 cm³/mol. The normalized spacial score (nSPS) is 23.5. The average molecular weight is 506 g/mol. The van der Waals surface area contributed by atoms with Gasteiger partial charge in [-0.05, 0) is 19.1 Å². The Kier molecular flexibility index (Phi) is 6.12. The summed E-state index contributed by atoms with van der Waals surface area (Å²) >= 11 is 7.39. The number of ether oxygens (including phenoxy) is 1. The van der Waals surface area contributed by atoms with Crippen LogP contribution in [0.4, 0.5) is 18.9 Å². The number of amides is 1. The van der Waals surface area contributed by atoms with Crippen LogP contribution in [0, 0.1) is 0 Å². The second-order valence-electron chi connectivity index (χ2n) is 5.36. The van der Waals surface area contributed by atoms with Crippen molar-refractivity contribution >= 4 is 61.0 Å². The van der Waals surface area contributed by atoms with Crippen molar-refractivity contribution in [3.05, 3.63) is 24.3 Å². The number of ketones is 1. The first-order chi connectivity index (χ1) is 11.5. The lowest BCUT2D eigenvalue weighted by Gasteiger charge is -2.22. The van der Waals surface area contributed by atoms with E-state index in [1.165, 1.54) is 12.1 Å². The number of benzene rings is 1. The van der Waals surface area contributed by atoms with Crippen LogP contribution in [0.25, 0.3) is 0 Å². The van der Waals surface area contributed by atoms with Gasteiger partial charge >= 0.3 is 6.36 Å². The highest BCUT2D eigenvalue weighted by molar-refractivity contribution is 9.12. The molecule has 1 amide bonds. The minimum Gasteiger partial charge on any atom is -0.406 e. The number of halogens is 5. The Bertz CT molecular complexity index is 688. The summed E-state index contributed by atoms with van der Waals surface area (Å²) in [7, 11) is 0. The fraction of sp³-hybridized carbons (Fsp3) is 0.429. The van der Waals surface area contributed by atoms with Crippen LogP contribution in [0.1, 0.15) is 6.92 Å². The number of anilines is 1. The molecule has 0 spiro atoms. The van der Waals surface area contributed by atoms with Gasteiger partial charge in [0.05, 0.1) is 4.32 Å². The third-order valence-electron chi connectivity index (χ3n) is 3.32. The second kappa shape index (κ2) is 7.45. The Labute approximate surface area is 162 Å². The Morgan fingerprint density at radius 2 is 2.08 bits per heavy atom. The van der Waals surface area contributed by atoms with Crippen molar-refractivity contribution in [1.82, 2.24) is 0 Å². The molecule has 1 aliphatic rings. The second-order valence-corrected chi connectivity index (χ2v) is 8.89. The van der Waals surface area contributed by atoms with E-state index in [0.717, 1.165) is 28.8 Å². The quantitative estimate of drug-likeness (QED) is 0.490. The van der Waals surface area contributed by atoms with E-state index in [2.05, 4.69) is 36.6 Å². The fourth-order valence-electron chi connectivity index (χ4n) is 2.13. The molecule has 138 valence electrons. The zero-order chi connectivity index (χ0) is 19.0. The molecule has 11 heteroatoms. The molecule has 3 atom stereocenters. The summed E-state index contributed by atoms with van der Waals surface area (Å²) in [5, 5.41) is -0.767. The van der Waals surface area contributed by atoms with Gasteiger partial charge in [-0.15, -0.1) is 13.2 Å². The van der Waals surface area contributed by atoms with Gasteiger partial charge < -0.3 is 10.5 Å². The number of thioether (sulfide) groups is 1. The molecule has 3 unspecified atom stereocenters. The Morgan fingerprint density at radius 1 is 1.44 bits per heavy atom. The fourth-order valence-corrected chi connectivity index (χ4v) is 4.02. The van der Waals surface area contributed by atoms with Gasteiger partial charge in [-0.1, -0.05) is 49.7 Å². The lowest BCUT2D eigenvalue weighted by atomic mass is 10.0. The van der Waals surface area contributed by atoms with Crippen molar-refractivity contribution in [3.8, 4) is 5.75 Å². The minimum atomic E-state index is -4.85. The van der Waals surface area contributed by atoms with E-state index >= 15 is 0 Å². The molecule has 1 aliphatic heterocycles. The molecule has 1 heterocycles. The molecule has 1 fully saturated rings. The summed E-state index contributed by atoms with van der Waals surface area (Å²) in [6, 6.07) is 4.89. The van der Waals surface area contributed by atoms with Crippen molar-refractivity contribution in [2.45, 2.75) is 28.4 Å². The van der Waals surface area contributed by atoms with E-state index in [4.69, 9.17) is 5.73 Å². The molecule has 0 aliphatic carbocycles. The highest BCUT2D eigenvalue weighted by atomic mass is 79.9. The number of rotatable bonds is 5. The molecule has 2 N–H and O–H groups in total. The zero-order valence-electron chi connectivity index (χ0n) is 12.7. The monoisotopic (exact) mass is 504 g/mol. The number of nitrogens with two attached hydrogens (primary N) is 1. The number of carbonyl (C=O) groups is 2. The maximum atomic E-state index is 12.6. The average Bonchev–Trinajstić information content (AvgIpc) is 2.79. The smallest absolute Gasteiger partial charge is 0.406 e. The van der Waals surface area contributed by atoms with Crippen LogP contribution in [0.5, 0.6) is 5.75 Å². The van der Waals surface area contributed by atoms with Crippen molar-refractivity contribution < 1.29 is 27.5 Å². The lowest BCUT2D eigenvalue weighted by Crippen LogP contribution is -2.44. The predicted octanol–water partition coefficient (Wildman–Crippen LogP) is 3.39. The topological polar surface area (TPSA) is 72.6 Å². The van der Waals surface area contributed by atoms with Crippen LogP contribution in [-0.2, 0) is 9.59 Å². The van der Waals surface area contributed by atoms with Gasteiger partial charge in [0.25, 0.3) is 0 Å². The first-order valence-corrected chi connectivity index (χ1v) is 9.71. The molecule has 1 saturated heterocycles. The molecule has 5 nitrogen and oxygen atoms in total. The van der Waals surface area contributed by atoms with E-state index < -0.39 is 33.1 Å².